The summed E-state index contributed by atoms with van der Waals surface area (Å²) in [5.74, 6) is 6.46. The Bertz CT molecular complexity index is 4000. The van der Waals surface area contributed by atoms with Gasteiger partial charge in [0.05, 0.1) is 24.4 Å². The second kappa shape index (κ2) is 28.1. The van der Waals surface area contributed by atoms with Gasteiger partial charge in [-0.25, -0.2) is 0 Å². The van der Waals surface area contributed by atoms with Gasteiger partial charge >= 0.3 is 29.8 Å². The number of aliphatic hydroxyl groups excluding tert-OH is 6. The van der Waals surface area contributed by atoms with Gasteiger partial charge < -0.3 is 63.8 Å². The summed E-state index contributed by atoms with van der Waals surface area (Å²) < 4.78 is 41.1. The number of carbonyl (C=O) groups is 7. The number of rotatable bonds is 0. The van der Waals surface area contributed by atoms with Gasteiger partial charge in [-0.05, 0) is 289 Å². The molecule has 7 aliphatic heterocycles. The van der Waals surface area contributed by atoms with E-state index in [1.807, 2.05) is 39.0 Å². The van der Waals surface area contributed by atoms with Crippen molar-refractivity contribution in [2.24, 2.45) is 128 Å². The first-order valence-corrected chi connectivity index (χ1v) is 45.4. The molecule has 6 N–H and O–H groups in total. The number of fused-ring (bicyclic) bond motifs is 23. The maximum Gasteiger partial charge on any atom is 0.306 e. The molecular weight excluding hydrogens is 1460 g/mol. The first-order chi connectivity index (χ1) is 54.3. The largest absolute Gasteiger partial charge is 0.459 e. The standard InChI is InChI=1S/3C19H26O4.C19H24O4.C19H30O4/c2*1-17-8-7-14(20)16-19(17,23-16)10-5-11-12(17)6-9-18(2)13(11)3-4-15(21)22-18;2*1-18-7-5-12(20)9-11(18)10-15(21)17-13(18)6-8-19(2)14(17)3-4-16(22)23-19;1-18-8-7-12(20)9-11(18)3-4-13-14-5-6-16(22)23-19(14,2)10-15(21)17(13)18/h2*7-8,11-14,16,20H,3-6,9-10H2,1-2H3;5,7,11,13-15,17,21H,3-4,6,8-10H2,1-2H3;5,7,9,13-15,17,21H,3-4,6,8,10H2,1-2H3;11-15,17,20-21H,3-10H2,1-2H3/t11-,12+,13+,14+,16+,17-,18+,19+;11-,12+,13+,14-,16+,17-,18+,19+;11-,13-,14-,15-,17+,18-,19-;13-,14-,15+,17+,18-,19-;11-,12-,13+,14+,15+,17-,18+,19+/m11001/s1. The van der Waals surface area contributed by atoms with Crippen LogP contribution in [-0.4, -0.2) is 160 Å². The molecule has 0 bridgehead atoms. The third-order valence-corrected chi connectivity index (χ3v) is 38.2. The van der Waals surface area contributed by atoms with E-state index in [0.717, 1.165) is 147 Å². The van der Waals surface area contributed by atoms with Crippen LogP contribution in [0, 0.1) is 128 Å². The van der Waals surface area contributed by atoms with E-state index in [2.05, 4.69) is 66.7 Å². The van der Waals surface area contributed by atoms with Crippen molar-refractivity contribution in [3.8, 4) is 0 Å². The van der Waals surface area contributed by atoms with Crippen LogP contribution in [0.5, 0.6) is 0 Å². The van der Waals surface area contributed by atoms with Crippen molar-refractivity contribution in [1.82, 2.24) is 0 Å². The summed E-state index contributed by atoms with van der Waals surface area (Å²) in [6.45, 7) is 21.9. The van der Waals surface area contributed by atoms with Crippen molar-refractivity contribution in [1.29, 1.82) is 0 Å². The summed E-state index contributed by atoms with van der Waals surface area (Å²) in [7, 11) is 0. The average molecular weight is 1590 g/mol. The van der Waals surface area contributed by atoms with Crippen LogP contribution in [0.15, 0.2) is 60.3 Å². The molecule has 0 amide bonds. The lowest BCUT2D eigenvalue weighted by atomic mass is 9.45. The zero-order valence-electron chi connectivity index (χ0n) is 69.9. The quantitative estimate of drug-likeness (QED) is 0.0568. The number of ether oxygens (including phenoxy) is 7. The first kappa shape index (κ1) is 81.1. The Labute approximate surface area is 679 Å². The highest BCUT2D eigenvalue weighted by Crippen LogP contribution is 2.73. The summed E-state index contributed by atoms with van der Waals surface area (Å²) >= 11 is 0. The summed E-state index contributed by atoms with van der Waals surface area (Å²) in [4.78, 5) is 82.4. The minimum atomic E-state index is -0.479. The molecule has 37 atom stereocenters. The SMILES string of the molecule is C[C@]12C=CC(=O)C=C1C[C@@H](O)[C@@H]1[C@@H]2CC[C@]2(C)OC(=O)CC[C@@H]12.C[C@]12C=CC(=O)C[C@H]1C[C@H](O)[C@@H]1[C@@H]2CC[C@]2(C)OC(=O)CC[C@@H]12.C[C@]12CC[C@@H](O)C[C@H]1CC[C@@H]1[C@@H]2[C@@H](O)C[C@]2(C)OC(=O)CC[C@@H]12.C[C@]12CC[C@H]3[C@@H](CC[C@]45O[C@H]4[C@@H](O)C=C[C@]35C)[C@@H]1CCC(=O)O2.C[C@]12CC[C@H]3[C@@H](CC[C@]45O[C@H]4[C@H](O)C=C[C@]35C)[C@@H]1CCC(=O)O2. The number of carbonyl (C=O) groups excluding carboxylic acids is 7. The predicted octanol–water partition coefficient (Wildman–Crippen LogP) is 13.0. The molecule has 0 aromatic carbocycles. The van der Waals surface area contributed by atoms with Gasteiger partial charge in [0.2, 0.25) is 0 Å². The number of aliphatic hydroxyl groups is 6. The van der Waals surface area contributed by atoms with E-state index in [0.29, 0.717) is 129 Å². The Morgan fingerprint density at radius 1 is 0.374 bits per heavy atom. The van der Waals surface area contributed by atoms with Gasteiger partial charge in [0, 0.05) is 90.8 Å². The molecule has 632 valence electrons. The maximum atomic E-state index is 11.8. The minimum absolute atomic E-state index is 0.00376. The lowest BCUT2D eigenvalue weighted by Crippen LogP contribution is -2.63. The van der Waals surface area contributed by atoms with Crippen molar-refractivity contribution in [2.75, 3.05) is 0 Å². The molecule has 22 rings (SSSR count). The van der Waals surface area contributed by atoms with E-state index in [-0.39, 0.29) is 145 Å². The van der Waals surface area contributed by atoms with Gasteiger partial charge in [0.15, 0.2) is 11.6 Å². The molecule has 20 heteroatoms. The van der Waals surface area contributed by atoms with E-state index in [9.17, 15) is 64.2 Å². The highest BCUT2D eigenvalue weighted by atomic mass is 16.6. The molecule has 20 nitrogen and oxygen atoms in total. The number of ketones is 2. The first-order valence-electron chi connectivity index (χ1n) is 45.4. The number of hydrogen-bond donors (Lipinski definition) is 6. The van der Waals surface area contributed by atoms with Crippen LogP contribution in [0.2, 0.25) is 0 Å². The van der Waals surface area contributed by atoms with Gasteiger partial charge in [0.1, 0.15) is 63.6 Å². The predicted molar refractivity (Wildman–Crippen MR) is 421 cm³/mol. The molecule has 11 saturated carbocycles. The van der Waals surface area contributed by atoms with Crippen LogP contribution in [0.25, 0.3) is 0 Å². The molecule has 7 saturated heterocycles. The van der Waals surface area contributed by atoms with Gasteiger partial charge in [0.25, 0.3) is 0 Å². The van der Waals surface area contributed by atoms with Crippen molar-refractivity contribution in [2.45, 2.75) is 356 Å². The fourth-order valence-corrected chi connectivity index (χ4v) is 32.2. The van der Waals surface area contributed by atoms with Gasteiger partial charge in [-0.1, -0.05) is 76.6 Å². The van der Waals surface area contributed by atoms with Crippen molar-refractivity contribution >= 4 is 41.4 Å². The van der Waals surface area contributed by atoms with Crippen LogP contribution >= 0.6 is 0 Å². The minimum Gasteiger partial charge on any atom is -0.459 e. The van der Waals surface area contributed by atoms with E-state index < -0.39 is 41.2 Å². The summed E-state index contributed by atoms with van der Waals surface area (Å²) in [6, 6.07) is 0. The van der Waals surface area contributed by atoms with Crippen LogP contribution < -0.4 is 0 Å². The second-order valence-electron chi connectivity index (χ2n) is 43.4. The summed E-state index contributed by atoms with van der Waals surface area (Å²) in [6.07, 6.45) is 41.8. The van der Waals surface area contributed by atoms with Gasteiger partial charge in [-0.2, -0.15) is 0 Å². The zero-order valence-corrected chi connectivity index (χ0v) is 69.9. The number of epoxide rings is 2. The third-order valence-electron chi connectivity index (χ3n) is 38.2. The normalized spacial score (nSPS) is 55.4. The Hall–Kier alpha value is -4.93. The molecule has 22 aliphatic rings. The number of esters is 5. The average Bonchev–Trinajstić information content (AvgIpc) is 1.51. The van der Waals surface area contributed by atoms with Crippen molar-refractivity contribution in [3.63, 3.8) is 0 Å². The van der Waals surface area contributed by atoms with Crippen LogP contribution in [0.3, 0.4) is 0 Å². The lowest BCUT2D eigenvalue weighted by Gasteiger charge is -2.63. The van der Waals surface area contributed by atoms with Gasteiger partial charge in [-0.15, -0.1) is 0 Å². The smallest absolute Gasteiger partial charge is 0.306 e. The molecule has 18 fully saturated rings. The highest BCUT2D eigenvalue weighted by molar-refractivity contribution is 6.01. The van der Waals surface area contributed by atoms with Crippen molar-refractivity contribution in [3.05, 3.63) is 60.3 Å². The van der Waals surface area contributed by atoms with Crippen LogP contribution in [-0.2, 0) is 66.7 Å². The molecular formula is C95H132O20. The molecule has 7 heterocycles. The topological polar surface area (TPSA) is 312 Å². The Morgan fingerprint density at radius 3 is 1.34 bits per heavy atom. The molecule has 15 aliphatic carbocycles. The Balaban J connectivity index is 0.0000000997. The number of hydrogen-bond acceptors (Lipinski definition) is 20. The van der Waals surface area contributed by atoms with Crippen LogP contribution in [0.1, 0.15) is 268 Å². The van der Waals surface area contributed by atoms with E-state index in [1.165, 1.54) is 0 Å². The van der Waals surface area contributed by atoms with Crippen LogP contribution in [0.4, 0.5) is 0 Å². The number of allylic oxidation sites excluding steroid dienone is 5. The lowest BCUT2D eigenvalue weighted by molar-refractivity contribution is -0.228. The maximum absolute atomic E-state index is 11.8. The third kappa shape index (κ3) is 12.6. The monoisotopic (exact) mass is 1590 g/mol. The molecule has 0 unspecified atom stereocenters. The zero-order chi connectivity index (χ0) is 81.3. The fraction of sp³-hybridized carbons (Fsp3) is 0.821. The summed E-state index contributed by atoms with van der Waals surface area (Å²) in [5, 5.41) is 63.1. The Kier molecular flexibility index (Phi) is 19.8. The molecule has 0 aromatic heterocycles. The fourth-order valence-electron chi connectivity index (χ4n) is 32.2. The second-order valence-corrected chi connectivity index (χ2v) is 43.4. The summed E-state index contributed by atoms with van der Waals surface area (Å²) in [5.41, 5.74) is -1.08. The molecule has 0 aromatic rings. The molecule has 0 radical (unpaired) electrons. The van der Waals surface area contributed by atoms with E-state index in [4.69, 9.17) is 33.2 Å². The molecule has 115 heavy (non-hydrogen) atoms. The highest BCUT2D eigenvalue weighted by Gasteiger charge is 2.77. The van der Waals surface area contributed by atoms with Gasteiger partial charge in [-0.3, -0.25) is 33.6 Å². The molecule has 2 spiro atoms. The van der Waals surface area contributed by atoms with E-state index >= 15 is 0 Å². The van der Waals surface area contributed by atoms with Crippen molar-refractivity contribution < 1.29 is 97.4 Å². The Morgan fingerprint density at radius 2 is 0.826 bits per heavy atom. The van der Waals surface area contributed by atoms with E-state index in [1.54, 1.807) is 18.2 Å².